The second-order valence-electron chi connectivity index (χ2n) is 4.18. The molecule has 1 N–H and O–H groups in total. The van der Waals surface area contributed by atoms with Crippen molar-refractivity contribution < 1.29 is 22.5 Å². The first-order chi connectivity index (χ1) is 9.20. The van der Waals surface area contributed by atoms with Crippen molar-refractivity contribution in [1.82, 2.24) is 9.78 Å². The molecule has 0 aromatic carbocycles. The molecule has 10 heteroatoms. The number of halogens is 4. The number of hydrogen-bond donors (Lipinski definition) is 1. The van der Waals surface area contributed by atoms with E-state index >= 15 is 0 Å². The number of alkyl halides is 4. The molecule has 0 bridgehead atoms. The largest absolute Gasteiger partial charge is 0.358 e. The van der Waals surface area contributed by atoms with Gasteiger partial charge in [0.25, 0.3) is 0 Å². The van der Waals surface area contributed by atoms with Crippen molar-refractivity contribution in [2.24, 2.45) is 0 Å². The van der Waals surface area contributed by atoms with Gasteiger partial charge in [0.2, 0.25) is 5.82 Å². The summed E-state index contributed by atoms with van der Waals surface area (Å²) >= 11 is 0. The Bertz CT molecular complexity index is 490. The van der Waals surface area contributed by atoms with Crippen LogP contribution in [-0.2, 0) is 6.54 Å². The third kappa shape index (κ3) is 3.36. The molecular formula is C10H14F4N4O2. The highest BCUT2D eigenvalue weighted by Crippen LogP contribution is 2.30. The Kier molecular flexibility index (Phi) is 4.90. The first-order valence-electron chi connectivity index (χ1n) is 5.82. The minimum atomic E-state index is -4.27. The van der Waals surface area contributed by atoms with E-state index in [1.54, 1.807) is 6.92 Å². The van der Waals surface area contributed by atoms with E-state index in [1.807, 2.05) is 5.32 Å². The van der Waals surface area contributed by atoms with E-state index < -0.39 is 29.5 Å². The van der Waals surface area contributed by atoms with Crippen molar-refractivity contribution in [1.29, 1.82) is 0 Å². The standard InChI is InChI=1S/C10H14F4N4O2/c1-3-4-17-8(7(18(19)20)6(2)16-17)15-5-10(13,14)9(11)12/h9,15H,3-5H2,1-2H3. The van der Waals surface area contributed by atoms with Gasteiger partial charge in [0.1, 0.15) is 5.69 Å². The van der Waals surface area contributed by atoms with E-state index in [4.69, 9.17) is 0 Å². The fourth-order valence-corrected chi connectivity index (χ4v) is 1.62. The first-order valence-corrected chi connectivity index (χ1v) is 5.82. The maximum absolute atomic E-state index is 12.9. The quantitative estimate of drug-likeness (QED) is 0.477. The predicted molar refractivity (Wildman–Crippen MR) is 63.4 cm³/mol. The summed E-state index contributed by atoms with van der Waals surface area (Å²) in [5, 5.41) is 16.8. The number of hydrogen-bond acceptors (Lipinski definition) is 4. The molecule has 1 rings (SSSR count). The van der Waals surface area contributed by atoms with E-state index in [9.17, 15) is 27.7 Å². The van der Waals surface area contributed by atoms with E-state index in [0.29, 0.717) is 6.42 Å². The van der Waals surface area contributed by atoms with Crippen LogP contribution in [0.15, 0.2) is 0 Å². The number of aryl methyl sites for hydroxylation is 2. The van der Waals surface area contributed by atoms with Gasteiger partial charge >= 0.3 is 18.0 Å². The number of nitro groups is 1. The molecule has 1 heterocycles. The second-order valence-corrected chi connectivity index (χ2v) is 4.18. The maximum atomic E-state index is 12.9. The number of rotatable bonds is 7. The molecular weight excluding hydrogens is 284 g/mol. The van der Waals surface area contributed by atoms with Gasteiger partial charge in [-0.15, -0.1) is 0 Å². The van der Waals surface area contributed by atoms with Gasteiger partial charge in [0, 0.05) is 6.54 Å². The van der Waals surface area contributed by atoms with Crippen LogP contribution in [0.3, 0.4) is 0 Å². The average Bonchev–Trinajstić information content (AvgIpc) is 2.63. The Morgan fingerprint density at radius 3 is 2.55 bits per heavy atom. The van der Waals surface area contributed by atoms with E-state index in [-0.39, 0.29) is 18.1 Å². The molecule has 0 aliphatic rings. The fraction of sp³-hybridized carbons (Fsp3) is 0.700. The lowest BCUT2D eigenvalue weighted by atomic mass is 10.3. The van der Waals surface area contributed by atoms with Crippen LogP contribution in [0, 0.1) is 17.0 Å². The molecule has 1 aromatic heterocycles. The zero-order valence-corrected chi connectivity index (χ0v) is 10.9. The molecule has 0 saturated carbocycles. The zero-order valence-electron chi connectivity index (χ0n) is 10.9. The minimum Gasteiger partial charge on any atom is -0.358 e. The lowest BCUT2D eigenvalue weighted by molar-refractivity contribution is -0.384. The summed E-state index contributed by atoms with van der Waals surface area (Å²) in [6.07, 6.45) is -3.30. The van der Waals surface area contributed by atoms with Crippen LogP contribution in [0.1, 0.15) is 19.0 Å². The molecule has 0 atom stereocenters. The predicted octanol–water partition coefficient (Wildman–Crippen LogP) is 2.82. The number of aromatic nitrogens is 2. The topological polar surface area (TPSA) is 73.0 Å². The lowest BCUT2D eigenvalue weighted by Crippen LogP contribution is -2.35. The highest BCUT2D eigenvalue weighted by Gasteiger charge is 2.41. The van der Waals surface area contributed by atoms with E-state index in [2.05, 4.69) is 5.10 Å². The highest BCUT2D eigenvalue weighted by atomic mass is 19.3. The molecule has 0 amide bonds. The maximum Gasteiger partial charge on any atom is 0.333 e. The van der Waals surface area contributed by atoms with E-state index in [1.165, 1.54) is 6.92 Å². The van der Waals surface area contributed by atoms with Gasteiger partial charge in [-0.25, -0.2) is 13.5 Å². The number of nitrogens with zero attached hydrogens (tertiary/aromatic N) is 3. The van der Waals surface area contributed by atoms with Crippen molar-refractivity contribution in [2.45, 2.75) is 39.2 Å². The van der Waals surface area contributed by atoms with Crippen LogP contribution < -0.4 is 5.32 Å². The molecule has 20 heavy (non-hydrogen) atoms. The van der Waals surface area contributed by atoms with Gasteiger partial charge in [0.05, 0.1) is 11.5 Å². The Morgan fingerprint density at radius 2 is 2.10 bits per heavy atom. The SMILES string of the molecule is CCCn1nc(C)c([N+](=O)[O-])c1NCC(F)(F)C(F)F. The average molecular weight is 298 g/mol. The third-order valence-electron chi connectivity index (χ3n) is 2.52. The molecule has 6 nitrogen and oxygen atoms in total. The second kappa shape index (κ2) is 6.06. The summed E-state index contributed by atoms with van der Waals surface area (Å²) in [7, 11) is 0. The van der Waals surface area contributed by atoms with Gasteiger partial charge in [-0.1, -0.05) is 6.92 Å². The van der Waals surface area contributed by atoms with Crippen LogP contribution in [-0.4, -0.2) is 33.6 Å². The molecule has 1 aromatic rings. The summed E-state index contributed by atoms with van der Waals surface area (Å²) in [5.74, 6) is -4.56. The smallest absolute Gasteiger partial charge is 0.333 e. The highest BCUT2D eigenvalue weighted by molar-refractivity contribution is 5.59. The van der Waals surface area contributed by atoms with Gasteiger partial charge in [-0.3, -0.25) is 10.1 Å². The molecule has 0 radical (unpaired) electrons. The summed E-state index contributed by atoms with van der Waals surface area (Å²) < 4.78 is 51.1. The van der Waals surface area contributed by atoms with E-state index in [0.717, 1.165) is 4.68 Å². The van der Waals surface area contributed by atoms with Crippen LogP contribution in [0.5, 0.6) is 0 Å². The molecule has 0 unspecified atom stereocenters. The van der Waals surface area contributed by atoms with Gasteiger partial charge in [-0.2, -0.15) is 13.9 Å². The van der Waals surface area contributed by atoms with Gasteiger partial charge < -0.3 is 5.32 Å². The number of nitrogens with one attached hydrogen (secondary N) is 1. The van der Waals surface area contributed by atoms with Crippen LogP contribution >= 0.6 is 0 Å². The molecule has 0 fully saturated rings. The lowest BCUT2D eigenvalue weighted by Gasteiger charge is -2.16. The van der Waals surface area contributed by atoms with Gasteiger partial charge in [-0.05, 0) is 13.3 Å². The zero-order chi connectivity index (χ0) is 15.5. The first kappa shape index (κ1) is 16.2. The van der Waals surface area contributed by atoms with Crippen LogP contribution in [0.4, 0.5) is 29.1 Å². The van der Waals surface area contributed by atoms with Crippen molar-refractivity contribution in [3.8, 4) is 0 Å². The molecule has 0 spiro atoms. The summed E-state index contributed by atoms with van der Waals surface area (Å²) in [4.78, 5) is 10.1. The van der Waals surface area contributed by atoms with Crippen molar-refractivity contribution >= 4 is 11.5 Å². The van der Waals surface area contributed by atoms with Crippen molar-refractivity contribution in [3.05, 3.63) is 15.8 Å². The normalized spacial score (nSPS) is 11.9. The summed E-state index contributed by atoms with van der Waals surface area (Å²) in [6, 6.07) is 0. The summed E-state index contributed by atoms with van der Waals surface area (Å²) in [6.45, 7) is 1.96. The third-order valence-corrected chi connectivity index (χ3v) is 2.52. The molecule has 0 aliphatic heterocycles. The van der Waals surface area contributed by atoms with Crippen molar-refractivity contribution in [2.75, 3.05) is 11.9 Å². The Morgan fingerprint density at radius 1 is 1.50 bits per heavy atom. The van der Waals surface area contributed by atoms with Crippen LogP contribution in [0.25, 0.3) is 0 Å². The minimum absolute atomic E-state index is 0.0336. The molecule has 0 aliphatic carbocycles. The monoisotopic (exact) mass is 298 g/mol. The Balaban J connectivity index is 3.05. The Hall–Kier alpha value is -1.87. The Labute approximate surface area is 111 Å². The fourth-order valence-electron chi connectivity index (χ4n) is 1.62. The molecule has 114 valence electrons. The summed E-state index contributed by atoms with van der Waals surface area (Å²) in [5.41, 5.74) is -0.449. The van der Waals surface area contributed by atoms with Gasteiger partial charge in [0.15, 0.2) is 0 Å². The number of anilines is 1. The van der Waals surface area contributed by atoms with Crippen LogP contribution in [0.2, 0.25) is 0 Å². The molecule has 0 saturated heterocycles. The van der Waals surface area contributed by atoms with Crippen molar-refractivity contribution in [3.63, 3.8) is 0 Å².